The van der Waals surface area contributed by atoms with Gasteiger partial charge in [0.25, 0.3) is 0 Å². The van der Waals surface area contributed by atoms with Gasteiger partial charge in [0.1, 0.15) is 0 Å². The SMILES string of the molecule is CCCNC(=O)[AsH]c1ccc2c(C(=O)NC(F)(F)[C@@H]3CN4CCC3CC4)n[nH]c2c1. The average molecular weight is 481 g/mol. The fourth-order valence-electron chi connectivity index (χ4n) is 4.36. The number of rotatable bonds is 7. The molecule has 3 saturated heterocycles. The summed E-state index contributed by atoms with van der Waals surface area (Å²) in [5, 5.41) is 12.0. The molecule has 3 fully saturated rings. The fraction of sp³-hybridized carbons (Fsp3) is 0.550. The van der Waals surface area contributed by atoms with Gasteiger partial charge in [0.15, 0.2) is 0 Å². The van der Waals surface area contributed by atoms with Crippen molar-refractivity contribution in [2.24, 2.45) is 11.8 Å². The van der Waals surface area contributed by atoms with Gasteiger partial charge in [-0.2, -0.15) is 0 Å². The molecule has 1 aromatic carbocycles. The van der Waals surface area contributed by atoms with Crippen molar-refractivity contribution >= 4 is 41.6 Å². The molecule has 2 aromatic rings. The van der Waals surface area contributed by atoms with Crippen LogP contribution in [0.25, 0.3) is 10.9 Å². The van der Waals surface area contributed by atoms with E-state index in [4.69, 9.17) is 0 Å². The van der Waals surface area contributed by atoms with Crippen LogP contribution in [0.15, 0.2) is 18.2 Å². The van der Waals surface area contributed by atoms with Crippen LogP contribution in [0.4, 0.5) is 13.6 Å². The summed E-state index contributed by atoms with van der Waals surface area (Å²) in [6.07, 6.45) is 2.37. The van der Waals surface area contributed by atoms with Crippen LogP contribution >= 0.6 is 0 Å². The van der Waals surface area contributed by atoms with E-state index >= 15 is 0 Å². The molecule has 10 heteroatoms. The number of aromatic amines is 1. The van der Waals surface area contributed by atoms with Crippen molar-refractivity contribution in [1.82, 2.24) is 25.7 Å². The molecule has 3 N–H and O–H groups in total. The number of amides is 2. The Kier molecular flexibility index (Phi) is 6.11. The van der Waals surface area contributed by atoms with Crippen molar-refractivity contribution < 1.29 is 18.4 Å². The first kappa shape index (κ1) is 21.2. The van der Waals surface area contributed by atoms with Gasteiger partial charge in [-0.1, -0.05) is 0 Å². The van der Waals surface area contributed by atoms with Crippen molar-refractivity contribution in [3.63, 3.8) is 0 Å². The number of aromatic nitrogens is 2. The van der Waals surface area contributed by atoms with Gasteiger partial charge in [-0.15, -0.1) is 0 Å². The first-order chi connectivity index (χ1) is 14.4. The summed E-state index contributed by atoms with van der Waals surface area (Å²) in [5.41, 5.74) is 0.517. The number of hydrogen-bond acceptors (Lipinski definition) is 4. The summed E-state index contributed by atoms with van der Waals surface area (Å²) in [6.45, 7) is 4.66. The molecular formula is C20H26AsF2N5O2. The number of carbonyl (C=O) groups excluding carboxylic acids is 2. The summed E-state index contributed by atoms with van der Waals surface area (Å²) in [7, 11) is 0. The Morgan fingerprint density at radius 2 is 2.10 bits per heavy atom. The third-order valence-corrected chi connectivity index (χ3v) is 8.08. The van der Waals surface area contributed by atoms with Gasteiger partial charge in [-0.05, 0) is 0 Å². The molecule has 3 aliphatic rings. The van der Waals surface area contributed by atoms with Gasteiger partial charge in [0.2, 0.25) is 0 Å². The quantitative estimate of drug-likeness (QED) is 0.412. The molecule has 0 spiro atoms. The molecule has 0 aliphatic carbocycles. The van der Waals surface area contributed by atoms with Crippen LogP contribution in [0.2, 0.25) is 0 Å². The minimum atomic E-state index is -3.28. The molecule has 0 radical (unpaired) electrons. The number of halogens is 2. The first-order valence-corrected chi connectivity index (χ1v) is 12.4. The maximum absolute atomic E-state index is 14.9. The Hall–Kier alpha value is -1.99. The van der Waals surface area contributed by atoms with Gasteiger partial charge in [-0.25, -0.2) is 0 Å². The van der Waals surface area contributed by atoms with E-state index < -0.39 is 33.6 Å². The van der Waals surface area contributed by atoms with Crippen molar-refractivity contribution in [2.75, 3.05) is 26.2 Å². The van der Waals surface area contributed by atoms with E-state index in [0.717, 1.165) is 36.7 Å². The summed E-state index contributed by atoms with van der Waals surface area (Å²) in [6, 6.07) is 1.93. The fourth-order valence-corrected chi connectivity index (χ4v) is 6.17. The van der Waals surface area contributed by atoms with Gasteiger partial charge in [-0.3, -0.25) is 0 Å². The van der Waals surface area contributed by atoms with E-state index in [1.54, 1.807) is 18.2 Å². The number of H-pyrrole nitrogens is 1. The van der Waals surface area contributed by atoms with Crippen LogP contribution in [-0.2, 0) is 0 Å². The van der Waals surface area contributed by atoms with Gasteiger partial charge in [0, 0.05) is 0 Å². The van der Waals surface area contributed by atoms with E-state index in [-0.39, 0.29) is 16.3 Å². The predicted molar refractivity (Wildman–Crippen MR) is 112 cm³/mol. The van der Waals surface area contributed by atoms with E-state index in [2.05, 4.69) is 15.5 Å². The summed E-state index contributed by atoms with van der Waals surface area (Å²) in [5.74, 6) is -1.81. The average Bonchev–Trinajstić information content (AvgIpc) is 3.16. The number of nitrogens with zero attached hydrogens (tertiary/aromatic N) is 2. The summed E-state index contributed by atoms with van der Waals surface area (Å²) in [4.78, 5) is 26.6. The molecule has 2 amide bonds. The topological polar surface area (TPSA) is 90.1 Å². The molecule has 2 atom stereocenters. The molecule has 162 valence electrons. The number of alkyl halides is 2. The number of piperidine rings is 3. The van der Waals surface area contributed by atoms with E-state index in [1.165, 1.54) is 0 Å². The van der Waals surface area contributed by atoms with Gasteiger partial charge >= 0.3 is 180 Å². The van der Waals surface area contributed by atoms with E-state index in [9.17, 15) is 18.4 Å². The molecule has 3 aliphatic heterocycles. The summed E-state index contributed by atoms with van der Waals surface area (Å²) < 4.78 is 30.7. The second kappa shape index (κ2) is 8.63. The molecule has 4 heterocycles. The zero-order valence-electron chi connectivity index (χ0n) is 16.8. The molecule has 7 nitrogen and oxygen atoms in total. The molecule has 2 bridgehead atoms. The number of nitrogens with one attached hydrogen (secondary N) is 3. The maximum atomic E-state index is 14.9. The van der Waals surface area contributed by atoms with E-state index in [1.807, 2.05) is 17.1 Å². The van der Waals surface area contributed by atoms with Crippen molar-refractivity contribution in [2.45, 2.75) is 32.2 Å². The first-order valence-electron chi connectivity index (χ1n) is 10.3. The van der Waals surface area contributed by atoms with Crippen molar-refractivity contribution in [3.05, 3.63) is 23.9 Å². The summed E-state index contributed by atoms with van der Waals surface area (Å²) >= 11 is -1.04. The van der Waals surface area contributed by atoms with Crippen LogP contribution in [0.5, 0.6) is 0 Å². The third kappa shape index (κ3) is 4.37. The van der Waals surface area contributed by atoms with Crippen LogP contribution in [0.3, 0.4) is 0 Å². The minimum absolute atomic E-state index is 0.0332. The van der Waals surface area contributed by atoms with Crippen molar-refractivity contribution in [1.29, 1.82) is 0 Å². The van der Waals surface area contributed by atoms with Crippen LogP contribution in [-0.4, -0.2) is 73.7 Å². The Bertz CT molecular complexity index is 942. The zero-order chi connectivity index (χ0) is 21.3. The Morgan fingerprint density at radius 3 is 2.77 bits per heavy atom. The van der Waals surface area contributed by atoms with Crippen molar-refractivity contribution in [3.8, 4) is 0 Å². The predicted octanol–water partition coefficient (Wildman–Crippen LogP) is 1.41. The number of hydrogen-bond donors (Lipinski definition) is 3. The number of benzene rings is 1. The number of fused-ring (bicyclic) bond motifs is 4. The second-order valence-electron chi connectivity index (χ2n) is 8.04. The van der Waals surface area contributed by atoms with Crippen LogP contribution in [0.1, 0.15) is 36.7 Å². The van der Waals surface area contributed by atoms with E-state index in [0.29, 0.717) is 24.0 Å². The Labute approximate surface area is 180 Å². The molecule has 30 heavy (non-hydrogen) atoms. The Morgan fingerprint density at radius 1 is 1.33 bits per heavy atom. The van der Waals surface area contributed by atoms with Gasteiger partial charge in [0.05, 0.1) is 0 Å². The molecule has 1 unspecified atom stereocenters. The molecule has 1 aromatic heterocycles. The zero-order valence-corrected chi connectivity index (χ0v) is 18.9. The monoisotopic (exact) mass is 481 g/mol. The van der Waals surface area contributed by atoms with Crippen LogP contribution < -0.4 is 15.0 Å². The van der Waals surface area contributed by atoms with Gasteiger partial charge < -0.3 is 0 Å². The standard InChI is InChI=1S/C20H26AsF2N5O2/c1-2-7-24-19(30)21-13-3-4-14-16(10-13)26-27-17(14)18(29)25-20(22,23)15-11-28-8-5-12(15)6-9-28/h3-4,10,12,15,21H,2,5-9,11H2,1H3,(H,24,30)(H,25,29)(H,26,27)/t15-/m1/s1. The van der Waals surface area contributed by atoms with Crippen LogP contribution in [0, 0.1) is 11.8 Å². The molecular weight excluding hydrogens is 455 g/mol. The second-order valence-corrected chi connectivity index (χ2v) is 10.7. The molecule has 5 rings (SSSR count). The molecule has 0 saturated carbocycles. The Balaban J connectivity index is 1.46. The number of carbonyl (C=O) groups is 2. The normalized spacial score (nSPS) is 23.9. The third-order valence-electron chi connectivity index (χ3n) is 5.97.